The second-order valence-electron chi connectivity index (χ2n) is 6.86. The zero-order valence-electron chi connectivity index (χ0n) is 15.5. The second-order valence-corrected chi connectivity index (χ2v) is 6.86. The summed E-state index contributed by atoms with van der Waals surface area (Å²) in [5.74, 6) is 0.805. The molecule has 2 aromatic rings. The minimum atomic E-state index is -0.0387. The van der Waals surface area contributed by atoms with Gasteiger partial charge in [-0.1, -0.05) is 48.5 Å². The molecule has 26 heavy (non-hydrogen) atoms. The van der Waals surface area contributed by atoms with Crippen LogP contribution in [0.25, 0.3) is 0 Å². The van der Waals surface area contributed by atoms with Gasteiger partial charge in [0.2, 0.25) is 0 Å². The minimum absolute atomic E-state index is 0.0387. The highest BCUT2D eigenvalue weighted by atomic mass is 16.5. The fraction of sp³-hybridized carbons (Fsp3) is 0.381. The molecule has 0 aliphatic carbocycles. The van der Waals surface area contributed by atoms with Gasteiger partial charge in [-0.05, 0) is 31.6 Å². The molecule has 1 fully saturated rings. The summed E-state index contributed by atoms with van der Waals surface area (Å²) in [6.07, 6.45) is 1.02. The Morgan fingerprint density at radius 3 is 2.65 bits per heavy atom. The van der Waals surface area contributed by atoms with Gasteiger partial charge in [0.25, 0.3) is 0 Å². The Hall–Kier alpha value is -2.53. The lowest BCUT2D eigenvalue weighted by Gasteiger charge is -2.25. The van der Waals surface area contributed by atoms with Crippen molar-refractivity contribution in [2.24, 2.45) is 0 Å². The Bertz CT molecular complexity index is 720. The maximum atomic E-state index is 12.5. The van der Waals surface area contributed by atoms with Gasteiger partial charge >= 0.3 is 6.03 Å². The van der Waals surface area contributed by atoms with Crippen LogP contribution in [0.5, 0.6) is 5.75 Å². The smallest absolute Gasteiger partial charge is 0.317 e. The average molecular weight is 353 g/mol. The van der Waals surface area contributed by atoms with Crippen molar-refractivity contribution in [1.29, 1.82) is 0 Å². The fourth-order valence-corrected chi connectivity index (χ4v) is 3.22. The third-order valence-corrected chi connectivity index (χ3v) is 4.87. The first kappa shape index (κ1) is 18.3. The van der Waals surface area contributed by atoms with Gasteiger partial charge in [0.1, 0.15) is 12.4 Å². The Morgan fingerprint density at radius 2 is 1.92 bits per heavy atom. The maximum absolute atomic E-state index is 12.5. The van der Waals surface area contributed by atoms with Crippen LogP contribution < -0.4 is 10.1 Å². The van der Waals surface area contributed by atoms with E-state index in [1.165, 1.54) is 0 Å². The van der Waals surface area contributed by atoms with Gasteiger partial charge in [-0.2, -0.15) is 0 Å². The predicted molar refractivity (Wildman–Crippen MR) is 103 cm³/mol. The lowest BCUT2D eigenvalue weighted by molar-refractivity contribution is 0.190. The number of para-hydroxylation sites is 1. The van der Waals surface area contributed by atoms with Crippen molar-refractivity contribution in [3.05, 3.63) is 65.7 Å². The largest absolute Gasteiger partial charge is 0.489 e. The van der Waals surface area contributed by atoms with Gasteiger partial charge in [-0.15, -0.1) is 0 Å². The van der Waals surface area contributed by atoms with Crippen LogP contribution in [0.15, 0.2) is 54.6 Å². The van der Waals surface area contributed by atoms with E-state index in [1.54, 1.807) is 0 Å². The first-order chi connectivity index (χ1) is 12.6. The van der Waals surface area contributed by atoms with Gasteiger partial charge in [0.05, 0.1) is 0 Å². The van der Waals surface area contributed by atoms with Crippen molar-refractivity contribution < 1.29 is 9.53 Å². The molecule has 1 saturated heterocycles. The number of likely N-dealkylation sites (tertiary alicyclic amines) is 1. The number of hydrogen-bond acceptors (Lipinski definition) is 3. The third-order valence-electron chi connectivity index (χ3n) is 4.87. The van der Waals surface area contributed by atoms with Gasteiger partial charge in [-0.3, -0.25) is 0 Å². The number of rotatable bonds is 6. The Labute approximate surface area is 155 Å². The molecule has 5 heteroatoms. The summed E-state index contributed by atoms with van der Waals surface area (Å²) in [5, 5.41) is 3.02. The summed E-state index contributed by atoms with van der Waals surface area (Å²) >= 11 is 0. The van der Waals surface area contributed by atoms with E-state index in [-0.39, 0.29) is 12.1 Å². The van der Waals surface area contributed by atoms with E-state index >= 15 is 0 Å². The molecule has 1 heterocycles. The zero-order valence-corrected chi connectivity index (χ0v) is 15.5. The molecule has 3 rings (SSSR count). The molecular weight excluding hydrogens is 326 g/mol. The molecule has 1 atom stereocenters. The summed E-state index contributed by atoms with van der Waals surface area (Å²) in [6, 6.07) is 18.2. The number of ether oxygens (including phenoxy) is 1. The Kier molecular flexibility index (Phi) is 6.12. The summed E-state index contributed by atoms with van der Waals surface area (Å²) in [5.41, 5.74) is 2.10. The quantitative estimate of drug-likeness (QED) is 0.868. The van der Waals surface area contributed by atoms with E-state index in [9.17, 15) is 4.79 Å². The van der Waals surface area contributed by atoms with Crippen LogP contribution in [0.1, 0.15) is 17.5 Å². The molecule has 138 valence electrons. The molecule has 0 spiro atoms. The molecule has 0 saturated carbocycles. The number of urea groups is 1. The van der Waals surface area contributed by atoms with Crippen LogP contribution in [0.2, 0.25) is 0 Å². The lowest BCUT2D eigenvalue weighted by Crippen LogP contribution is -2.44. The molecule has 2 amide bonds. The normalized spacial score (nSPS) is 17.1. The Balaban J connectivity index is 1.55. The minimum Gasteiger partial charge on any atom is -0.489 e. The van der Waals surface area contributed by atoms with Crippen LogP contribution in [0.3, 0.4) is 0 Å². The van der Waals surface area contributed by atoms with Crippen molar-refractivity contribution in [3.8, 4) is 5.75 Å². The Morgan fingerprint density at radius 1 is 1.19 bits per heavy atom. The summed E-state index contributed by atoms with van der Waals surface area (Å²) in [7, 11) is 3.96. The number of amides is 2. The van der Waals surface area contributed by atoms with E-state index in [4.69, 9.17) is 4.74 Å². The van der Waals surface area contributed by atoms with Crippen molar-refractivity contribution in [2.45, 2.75) is 25.6 Å². The van der Waals surface area contributed by atoms with E-state index in [0.29, 0.717) is 13.2 Å². The van der Waals surface area contributed by atoms with Crippen molar-refractivity contribution in [2.75, 3.05) is 27.2 Å². The van der Waals surface area contributed by atoms with E-state index in [2.05, 4.69) is 17.3 Å². The average Bonchev–Trinajstić information content (AvgIpc) is 3.11. The summed E-state index contributed by atoms with van der Waals surface area (Å²) in [6.45, 7) is 2.94. The first-order valence-corrected chi connectivity index (χ1v) is 9.07. The molecule has 1 aliphatic rings. The van der Waals surface area contributed by atoms with Crippen LogP contribution in [0.4, 0.5) is 4.79 Å². The summed E-state index contributed by atoms with van der Waals surface area (Å²) in [4.78, 5) is 16.5. The van der Waals surface area contributed by atoms with Gasteiger partial charge in [0, 0.05) is 31.7 Å². The second kappa shape index (κ2) is 8.72. The van der Waals surface area contributed by atoms with E-state index in [0.717, 1.165) is 36.4 Å². The van der Waals surface area contributed by atoms with E-state index < -0.39 is 0 Å². The monoisotopic (exact) mass is 353 g/mol. The van der Waals surface area contributed by atoms with Crippen LogP contribution in [-0.4, -0.2) is 49.1 Å². The molecule has 0 aromatic heterocycles. The molecule has 0 bridgehead atoms. The van der Waals surface area contributed by atoms with Crippen LogP contribution in [-0.2, 0) is 13.2 Å². The van der Waals surface area contributed by atoms with E-state index in [1.807, 2.05) is 66.5 Å². The molecule has 1 aliphatic heterocycles. The molecule has 0 radical (unpaired) electrons. The molecule has 5 nitrogen and oxygen atoms in total. The van der Waals surface area contributed by atoms with Gasteiger partial charge in [0.15, 0.2) is 0 Å². The number of nitrogens with one attached hydrogen (secondary N) is 1. The van der Waals surface area contributed by atoms with Gasteiger partial charge in [-0.25, -0.2) is 4.79 Å². The molecule has 2 aromatic carbocycles. The number of carbonyl (C=O) groups is 1. The lowest BCUT2D eigenvalue weighted by atomic mass is 10.2. The van der Waals surface area contributed by atoms with Crippen LogP contribution in [0, 0.1) is 0 Å². The third kappa shape index (κ3) is 4.76. The number of likely N-dealkylation sites (N-methyl/N-ethyl adjacent to an activating group) is 2. The van der Waals surface area contributed by atoms with Crippen molar-refractivity contribution in [1.82, 2.24) is 15.1 Å². The SMILES string of the molecule is CN1CCC(N(C)C(=O)NCc2ccccc2OCc2ccccc2)C1. The highest BCUT2D eigenvalue weighted by Crippen LogP contribution is 2.19. The number of benzene rings is 2. The maximum Gasteiger partial charge on any atom is 0.317 e. The topological polar surface area (TPSA) is 44.8 Å². The van der Waals surface area contributed by atoms with Crippen molar-refractivity contribution >= 4 is 6.03 Å². The molecule has 1 unspecified atom stereocenters. The number of carbonyl (C=O) groups excluding carboxylic acids is 1. The standard InChI is InChI=1S/C21H27N3O2/c1-23-13-12-19(15-23)24(2)21(25)22-14-18-10-6-7-11-20(18)26-16-17-8-4-3-5-9-17/h3-11,19H,12-16H2,1-2H3,(H,22,25). The van der Waals surface area contributed by atoms with Crippen LogP contribution >= 0.6 is 0 Å². The molecule has 1 N–H and O–H groups in total. The first-order valence-electron chi connectivity index (χ1n) is 9.07. The fourth-order valence-electron chi connectivity index (χ4n) is 3.22. The highest BCUT2D eigenvalue weighted by Gasteiger charge is 2.26. The highest BCUT2D eigenvalue weighted by molar-refractivity contribution is 5.74. The molecular formula is C21H27N3O2. The van der Waals surface area contributed by atoms with Gasteiger partial charge < -0.3 is 19.9 Å². The number of nitrogens with zero attached hydrogens (tertiary/aromatic N) is 2. The van der Waals surface area contributed by atoms with Crippen molar-refractivity contribution in [3.63, 3.8) is 0 Å². The number of hydrogen-bond donors (Lipinski definition) is 1. The predicted octanol–water partition coefficient (Wildman–Crippen LogP) is 3.11. The zero-order chi connectivity index (χ0) is 18.4. The summed E-state index contributed by atoms with van der Waals surface area (Å²) < 4.78 is 5.96.